The third-order valence-electron chi connectivity index (χ3n) is 4.87. The minimum absolute atomic E-state index is 0.216. The Morgan fingerprint density at radius 2 is 1.79 bits per heavy atom. The molecular formula is C19H20ClF5N6O2S. The Kier molecular flexibility index (Phi) is 7.34. The molecule has 0 amide bonds. The molecule has 3 rings (SSSR count). The summed E-state index contributed by atoms with van der Waals surface area (Å²) in [7, 11) is -0.540. The van der Waals surface area contributed by atoms with E-state index in [1.54, 1.807) is 19.0 Å². The molecule has 1 atom stereocenters. The third-order valence-corrected chi connectivity index (χ3v) is 6.92. The maximum Gasteiger partial charge on any atom is 0.408 e. The highest BCUT2D eigenvalue weighted by Gasteiger charge is 2.38. The normalized spacial score (nSPS) is 13.6. The fourth-order valence-electron chi connectivity index (χ4n) is 3.12. The number of alkyl halides is 3. The van der Waals surface area contributed by atoms with Gasteiger partial charge in [0.15, 0.2) is 9.84 Å². The molecule has 2 heterocycles. The van der Waals surface area contributed by atoms with Gasteiger partial charge in [0.2, 0.25) is 0 Å². The zero-order chi connectivity index (χ0) is 25.4. The summed E-state index contributed by atoms with van der Waals surface area (Å²) in [5.74, 6) is -3.79. The van der Waals surface area contributed by atoms with Crippen LogP contribution in [0.4, 0.5) is 27.8 Å². The first-order valence-electron chi connectivity index (χ1n) is 9.81. The van der Waals surface area contributed by atoms with Gasteiger partial charge in [-0.3, -0.25) is 0 Å². The largest absolute Gasteiger partial charge is 0.408 e. The predicted octanol–water partition coefficient (Wildman–Crippen LogP) is 3.81. The molecule has 1 N–H and O–H groups in total. The van der Waals surface area contributed by atoms with E-state index in [1.165, 1.54) is 0 Å². The van der Waals surface area contributed by atoms with E-state index in [1.807, 2.05) is 0 Å². The van der Waals surface area contributed by atoms with E-state index in [4.69, 9.17) is 11.6 Å². The molecule has 34 heavy (non-hydrogen) atoms. The van der Waals surface area contributed by atoms with Crippen molar-refractivity contribution in [2.75, 3.05) is 31.7 Å². The molecule has 0 aliphatic rings. The van der Waals surface area contributed by atoms with E-state index in [0.29, 0.717) is 18.7 Å². The van der Waals surface area contributed by atoms with Gasteiger partial charge < -0.3 is 10.2 Å². The maximum atomic E-state index is 15.1. The number of nitrogens with zero attached hydrogens (tertiary/aromatic N) is 5. The topological polar surface area (TPSA) is 92.5 Å². The summed E-state index contributed by atoms with van der Waals surface area (Å²) in [4.78, 5) is 8.72. The molecule has 0 radical (unpaired) electrons. The SMILES string of the molecule is C[C@H](Nc1c(-c2c(F)cc(S(=O)(=O)CCCN(C)C)cc2F)c(Cl)nc2ncnn12)C(F)(F)F. The van der Waals surface area contributed by atoms with E-state index < -0.39 is 60.7 Å². The number of hydrogen-bond donors (Lipinski definition) is 1. The van der Waals surface area contributed by atoms with Gasteiger partial charge in [-0.15, -0.1) is 0 Å². The second-order valence-corrected chi connectivity index (χ2v) is 10.2. The van der Waals surface area contributed by atoms with Crippen LogP contribution in [0, 0.1) is 11.6 Å². The van der Waals surface area contributed by atoms with E-state index >= 15 is 8.78 Å². The molecule has 0 fully saturated rings. The molecule has 0 bridgehead atoms. The number of aromatic nitrogens is 4. The number of fused-ring (bicyclic) bond motifs is 1. The molecule has 3 aromatic rings. The summed E-state index contributed by atoms with van der Waals surface area (Å²) < 4.78 is 95.8. The molecule has 15 heteroatoms. The standard InChI is InChI=1S/C19H20ClF5N6O2S/c1-10(19(23,24)25)28-17-15(16(20)29-18-26-9-27-31(17)18)14-12(21)7-11(8-13(14)22)34(32,33)6-4-5-30(2)3/h7-10,28H,4-6H2,1-3H3/t10-/m0/s1. The zero-order valence-electron chi connectivity index (χ0n) is 18.2. The molecule has 0 spiro atoms. The Morgan fingerprint density at radius 3 is 2.35 bits per heavy atom. The van der Waals surface area contributed by atoms with Crippen LogP contribution in [-0.2, 0) is 9.84 Å². The molecule has 0 saturated carbocycles. The van der Waals surface area contributed by atoms with E-state index in [-0.39, 0.29) is 18.0 Å². The van der Waals surface area contributed by atoms with Crippen LogP contribution in [0.3, 0.4) is 0 Å². The number of benzene rings is 1. The first-order chi connectivity index (χ1) is 15.7. The van der Waals surface area contributed by atoms with Gasteiger partial charge in [-0.25, -0.2) is 17.2 Å². The van der Waals surface area contributed by atoms with Crippen molar-refractivity contribution >= 4 is 33.0 Å². The molecule has 2 aromatic heterocycles. The van der Waals surface area contributed by atoms with Gasteiger partial charge in [0.25, 0.3) is 5.78 Å². The first-order valence-corrected chi connectivity index (χ1v) is 11.8. The summed E-state index contributed by atoms with van der Waals surface area (Å²) in [5.41, 5.74) is -1.43. The van der Waals surface area contributed by atoms with Crippen molar-refractivity contribution in [1.29, 1.82) is 0 Å². The fraction of sp³-hybridized carbons (Fsp3) is 0.421. The smallest absolute Gasteiger partial charge is 0.358 e. The minimum atomic E-state index is -4.72. The number of hydrogen-bond acceptors (Lipinski definition) is 7. The van der Waals surface area contributed by atoms with E-state index in [2.05, 4.69) is 20.4 Å². The van der Waals surface area contributed by atoms with Crippen molar-refractivity contribution in [3.63, 3.8) is 0 Å². The quantitative estimate of drug-likeness (QED) is 0.352. The highest BCUT2D eigenvalue weighted by atomic mass is 35.5. The zero-order valence-corrected chi connectivity index (χ0v) is 19.7. The monoisotopic (exact) mass is 526 g/mol. The molecule has 0 aliphatic carbocycles. The van der Waals surface area contributed by atoms with Crippen molar-refractivity contribution in [3.8, 4) is 11.1 Å². The Bertz CT molecular complexity index is 1290. The summed E-state index contributed by atoms with van der Waals surface area (Å²) >= 11 is 6.10. The molecule has 0 saturated heterocycles. The van der Waals surface area contributed by atoms with E-state index in [9.17, 15) is 21.6 Å². The van der Waals surface area contributed by atoms with Crippen molar-refractivity contribution in [2.45, 2.75) is 30.5 Å². The Morgan fingerprint density at radius 1 is 1.18 bits per heavy atom. The van der Waals surface area contributed by atoms with E-state index in [0.717, 1.165) is 17.8 Å². The molecule has 0 aliphatic heterocycles. The van der Waals surface area contributed by atoms with Crippen LogP contribution < -0.4 is 5.32 Å². The van der Waals surface area contributed by atoms with Crippen molar-refractivity contribution in [2.24, 2.45) is 0 Å². The average Bonchev–Trinajstić information content (AvgIpc) is 3.16. The van der Waals surface area contributed by atoms with Gasteiger partial charge in [-0.05, 0) is 46.1 Å². The number of halogens is 6. The van der Waals surface area contributed by atoms with Gasteiger partial charge in [-0.1, -0.05) is 11.6 Å². The van der Waals surface area contributed by atoms with Crippen LogP contribution in [0.25, 0.3) is 16.9 Å². The third kappa shape index (κ3) is 5.39. The van der Waals surface area contributed by atoms with Crippen molar-refractivity contribution < 1.29 is 30.4 Å². The average molecular weight is 527 g/mol. The molecule has 186 valence electrons. The molecule has 1 aromatic carbocycles. The lowest BCUT2D eigenvalue weighted by Crippen LogP contribution is -2.34. The van der Waals surface area contributed by atoms with Gasteiger partial charge in [0.1, 0.15) is 35.0 Å². The summed E-state index contributed by atoms with van der Waals surface area (Å²) in [5, 5.41) is 5.31. The Balaban J connectivity index is 2.15. The fourth-order valence-corrected chi connectivity index (χ4v) is 4.69. The van der Waals surface area contributed by atoms with Gasteiger partial charge in [0.05, 0.1) is 21.8 Å². The second-order valence-electron chi connectivity index (χ2n) is 7.74. The summed E-state index contributed by atoms with van der Waals surface area (Å²) in [6.45, 7) is 1.23. The lowest BCUT2D eigenvalue weighted by Gasteiger charge is -2.21. The van der Waals surface area contributed by atoms with Crippen molar-refractivity contribution in [1.82, 2.24) is 24.5 Å². The molecule has 8 nitrogen and oxygen atoms in total. The second kappa shape index (κ2) is 9.58. The lowest BCUT2D eigenvalue weighted by molar-refractivity contribution is -0.138. The van der Waals surface area contributed by atoms with Crippen molar-refractivity contribution in [3.05, 3.63) is 35.2 Å². The van der Waals surface area contributed by atoms with Crippen LogP contribution in [-0.4, -0.2) is 71.5 Å². The number of sulfone groups is 1. The Hall–Kier alpha value is -2.58. The van der Waals surface area contributed by atoms with Gasteiger partial charge in [0, 0.05) is 0 Å². The highest BCUT2D eigenvalue weighted by molar-refractivity contribution is 7.91. The summed E-state index contributed by atoms with van der Waals surface area (Å²) in [6.07, 6.45) is -3.52. The van der Waals surface area contributed by atoms with Crippen LogP contribution in [0.15, 0.2) is 23.4 Å². The van der Waals surface area contributed by atoms with Gasteiger partial charge in [-0.2, -0.15) is 32.8 Å². The number of nitrogens with one attached hydrogen (secondary N) is 1. The predicted molar refractivity (Wildman–Crippen MR) is 116 cm³/mol. The van der Waals surface area contributed by atoms with Crippen LogP contribution in [0.5, 0.6) is 0 Å². The first kappa shape index (κ1) is 26.0. The maximum absolute atomic E-state index is 15.1. The number of rotatable bonds is 8. The minimum Gasteiger partial charge on any atom is -0.358 e. The van der Waals surface area contributed by atoms with Gasteiger partial charge >= 0.3 is 6.18 Å². The van der Waals surface area contributed by atoms with Crippen LogP contribution >= 0.6 is 11.6 Å². The molecular weight excluding hydrogens is 507 g/mol. The molecule has 0 unspecified atom stereocenters. The van der Waals surface area contributed by atoms with Crippen LogP contribution in [0.1, 0.15) is 13.3 Å². The Labute approximate surface area is 196 Å². The summed E-state index contributed by atoms with van der Waals surface area (Å²) in [6, 6.07) is -0.968. The lowest BCUT2D eigenvalue weighted by atomic mass is 10.1. The van der Waals surface area contributed by atoms with Crippen LogP contribution in [0.2, 0.25) is 5.15 Å². The highest BCUT2D eigenvalue weighted by Crippen LogP contribution is 2.39. The number of anilines is 1.